The van der Waals surface area contributed by atoms with Crippen molar-refractivity contribution in [1.29, 1.82) is 0 Å². The second-order valence-electron chi connectivity index (χ2n) is 6.35. The van der Waals surface area contributed by atoms with Gasteiger partial charge in [0.1, 0.15) is 11.3 Å². The number of aromatic amines is 1. The molecule has 7 nitrogen and oxygen atoms in total. The molecule has 2 aliphatic rings. The van der Waals surface area contributed by atoms with Gasteiger partial charge in [-0.05, 0) is 19.9 Å². The smallest absolute Gasteiger partial charge is 0.272 e. The summed E-state index contributed by atoms with van der Waals surface area (Å²) in [7, 11) is 0. The minimum atomic E-state index is -0.436. The van der Waals surface area contributed by atoms with Gasteiger partial charge in [-0.15, -0.1) is 0 Å². The van der Waals surface area contributed by atoms with Crippen LogP contribution in [0.15, 0.2) is 12.3 Å². The number of rotatable bonds is 2. The lowest BCUT2D eigenvalue weighted by atomic mass is 10.0. The number of morpholine rings is 1. The van der Waals surface area contributed by atoms with E-state index in [2.05, 4.69) is 28.9 Å². The van der Waals surface area contributed by atoms with E-state index in [1.807, 2.05) is 4.90 Å². The number of aromatic nitrogens is 2. The van der Waals surface area contributed by atoms with E-state index in [-0.39, 0.29) is 5.91 Å². The second-order valence-corrected chi connectivity index (χ2v) is 6.35. The number of nitrogens with one attached hydrogen (secondary N) is 1. The summed E-state index contributed by atoms with van der Waals surface area (Å²) in [5, 5.41) is 6.60. The summed E-state index contributed by atoms with van der Waals surface area (Å²) >= 11 is 0. The molecule has 1 aromatic heterocycles. The summed E-state index contributed by atoms with van der Waals surface area (Å²) in [4.78, 5) is 16.7. The maximum absolute atomic E-state index is 12.5. The maximum atomic E-state index is 12.5. The predicted molar refractivity (Wildman–Crippen MR) is 80.7 cm³/mol. The monoisotopic (exact) mass is 308 g/mol. The minimum Gasteiger partial charge on any atom is -0.377 e. The number of nitrogens with zero attached hydrogens (tertiary/aromatic N) is 3. The SMILES string of the molecule is CC(C)N1CCOCC2(CN(C(=O)c3ccn[nH]3)CCO2)C1. The largest absolute Gasteiger partial charge is 0.377 e. The van der Waals surface area contributed by atoms with Crippen LogP contribution in [-0.2, 0) is 9.47 Å². The van der Waals surface area contributed by atoms with Crippen molar-refractivity contribution in [3.63, 3.8) is 0 Å². The first-order chi connectivity index (χ1) is 10.6. The fourth-order valence-electron chi connectivity index (χ4n) is 3.12. The number of hydrogen-bond acceptors (Lipinski definition) is 5. The zero-order valence-corrected chi connectivity index (χ0v) is 13.2. The van der Waals surface area contributed by atoms with E-state index in [9.17, 15) is 4.79 Å². The van der Waals surface area contributed by atoms with Gasteiger partial charge in [0.15, 0.2) is 0 Å². The van der Waals surface area contributed by atoms with Gasteiger partial charge in [-0.3, -0.25) is 14.8 Å². The van der Waals surface area contributed by atoms with Crippen molar-refractivity contribution in [2.75, 3.05) is 46.0 Å². The average Bonchev–Trinajstić information content (AvgIpc) is 2.97. The van der Waals surface area contributed by atoms with E-state index in [1.165, 1.54) is 0 Å². The van der Waals surface area contributed by atoms with Crippen LogP contribution in [0.2, 0.25) is 0 Å². The molecule has 3 heterocycles. The average molecular weight is 308 g/mol. The quantitative estimate of drug-likeness (QED) is 0.854. The van der Waals surface area contributed by atoms with Gasteiger partial charge >= 0.3 is 0 Å². The van der Waals surface area contributed by atoms with Crippen LogP contribution in [0.5, 0.6) is 0 Å². The number of ether oxygens (including phenoxy) is 2. The van der Waals surface area contributed by atoms with Crippen molar-refractivity contribution in [2.45, 2.75) is 25.5 Å². The summed E-state index contributed by atoms with van der Waals surface area (Å²) in [6.07, 6.45) is 1.60. The fourth-order valence-corrected chi connectivity index (χ4v) is 3.12. The normalized spacial score (nSPS) is 27.3. The summed E-state index contributed by atoms with van der Waals surface area (Å²) in [6.45, 7) is 8.96. The molecular weight excluding hydrogens is 284 g/mol. The second kappa shape index (κ2) is 6.36. The van der Waals surface area contributed by atoms with Gasteiger partial charge in [-0.25, -0.2) is 0 Å². The molecule has 0 bridgehead atoms. The van der Waals surface area contributed by atoms with E-state index in [0.29, 0.717) is 44.6 Å². The third-order valence-electron chi connectivity index (χ3n) is 4.38. The molecule has 0 saturated carbocycles. The van der Waals surface area contributed by atoms with E-state index in [1.54, 1.807) is 12.3 Å². The molecule has 1 N–H and O–H groups in total. The van der Waals surface area contributed by atoms with Crippen molar-refractivity contribution < 1.29 is 14.3 Å². The van der Waals surface area contributed by atoms with Crippen molar-refractivity contribution in [3.8, 4) is 0 Å². The van der Waals surface area contributed by atoms with Gasteiger partial charge in [0.05, 0.1) is 26.4 Å². The Labute approximate surface area is 130 Å². The Balaban J connectivity index is 1.74. The topological polar surface area (TPSA) is 70.7 Å². The first kappa shape index (κ1) is 15.5. The third kappa shape index (κ3) is 3.16. The molecule has 0 aromatic carbocycles. The van der Waals surface area contributed by atoms with E-state index >= 15 is 0 Å². The molecule has 3 rings (SSSR count). The van der Waals surface area contributed by atoms with Gasteiger partial charge in [0, 0.05) is 31.9 Å². The number of hydrogen-bond donors (Lipinski definition) is 1. The van der Waals surface area contributed by atoms with Crippen LogP contribution in [0, 0.1) is 0 Å². The van der Waals surface area contributed by atoms with Gasteiger partial charge in [0.2, 0.25) is 0 Å². The predicted octanol–water partition coefficient (Wildman–Crippen LogP) is 0.362. The first-order valence-electron chi connectivity index (χ1n) is 7.84. The minimum absolute atomic E-state index is 0.0273. The van der Waals surface area contributed by atoms with E-state index in [0.717, 1.165) is 13.1 Å². The molecule has 1 aromatic rings. The summed E-state index contributed by atoms with van der Waals surface area (Å²) in [5.41, 5.74) is 0.0848. The van der Waals surface area contributed by atoms with Crippen LogP contribution in [0.4, 0.5) is 0 Å². The number of H-pyrrole nitrogens is 1. The van der Waals surface area contributed by atoms with Gasteiger partial charge in [0.25, 0.3) is 5.91 Å². The van der Waals surface area contributed by atoms with E-state index in [4.69, 9.17) is 9.47 Å². The Morgan fingerprint density at radius 2 is 2.23 bits per heavy atom. The maximum Gasteiger partial charge on any atom is 0.272 e. The number of carbonyl (C=O) groups is 1. The third-order valence-corrected chi connectivity index (χ3v) is 4.38. The highest BCUT2D eigenvalue weighted by atomic mass is 16.5. The molecule has 22 heavy (non-hydrogen) atoms. The number of amides is 1. The van der Waals surface area contributed by atoms with Crippen LogP contribution >= 0.6 is 0 Å². The van der Waals surface area contributed by atoms with Gasteiger partial charge in [-0.2, -0.15) is 5.10 Å². The zero-order valence-electron chi connectivity index (χ0n) is 13.2. The fraction of sp³-hybridized carbons (Fsp3) is 0.733. The standard InChI is InChI=1S/C15H24N4O3/c1-12(2)18-5-7-21-11-15(9-18)10-19(6-8-22-15)14(20)13-3-4-16-17-13/h3-4,12H,5-11H2,1-2H3,(H,16,17). The first-order valence-corrected chi connectivity index (χ1v) is 7.84. The van der Waals surface area contributed by atoms with Crippen LogP contribution in [0.25, 0.3) is 0 Å². The highest BCUT2D eigenvalue weighted by Crippen LogP contribution is 2.24. The molecule has 1 atom stereocenters. The van der Waals surface area contributed by atoms with Crippen LogP contribution < -0.4 is 0 Å². The van der Waals surface area contributed by atoms with Gasteiger partial charge in [-0.1, -0.05) is 0 Å². The lowest BCUT2D eigenvalue weighted by molar-refractivity contribution is -0.134. The summed E-state index contributed by atoms with van der Waals surface area (Å²) in [6, 6.07) is 2.13. The zero-order chi connectivity index (χ0) is 15.6. The molecule has 0 aliphatic carbocycles. The molecule has 2 saturated heterocycles. The molecule has 1 amide bonds. The van der Waals surface area contributed by atoms with Crippen molar-refractivity contribution in [1.82, 2.24) is 20.0 Å². The Morgan fingerprint density at radius 1 is 1.36 bits per heavy atom. The van der Waals surface area contributed by atoms with Crippen molar-refractivity contribution >= 4 is 5.91 Å². The highest BCUT2D eigenvalue weighted by Gasteiger charge is 2.42. The van der Waals surface area contributed by atoms with Crippen LogP contribution in [-0.4, -0.2) is 83.5 Å². The van der Waals surface area contributed by atoms with Gasteiger partial charge < -0.3 is 14.4 Å². The molecule has 2 aliphatic heterocycles. The van der Waals surface area contributed by atoms with Crippen LogP contribution in [0.3, 0.4) is 0 Å². The molecule has 2 fully saturated rings. The van der Waals surface area contributed by atoms with E-state index < -0.39 is 5.60 Å². The molecule has 1 spiro atoms. The summed E-state index contributed by atoms with van der Waals surface area (Å²) < 4.78 is 11.8. The molecule has 122 valence electrons. The highest BCUT2D eigenvalue weighted by molar-refractivity contribution is 5.92. The Kier molecular flexibility index (Phi) is 4.46. The summed E-state index contributed by atoms with van der Waals surface area (Å²) in [5.74, 6) is -0.0273. The lowest BCUT2D eigenvalue weighted by Crippen LogP contribution is -2.60. The Morgan fingerprint density at radius 3 is 2.95 bits per heavy atom. The molecular formula is C15H24N4O3. The lowest BCUT2D eigenvalue weighted by Gasteiger charge is -2.43. The molecule has 0 radical (unpaired) electrons. The molecule has 7 heteroatoms. The Hall–Kier alpha value is -1.44. The van der Waals surface area contributed by atoms with Crippen molar-refractivity contribution in [3.05, 3.63) is 18.0 Å². The Bertz CT molecular complexity index is 505. The van der Waals surface area contributed by atoms with Crippen LogP contribution in [0.1, 0.15) is 24.3 Å². The molecule has 1 unspecified atom stereocenters. The van der Waals surface area contributed by atoms with Crippen molar-refractivity contribution in [2.24, 2.45) is 0 Å². The number of carbonyl (C=O) groups excluding carboxylic acids is 1.